The molecule has 0 bridgehead atoms. The van der Waals surface area contributed by atoms with Crippen molar-refractivity contribution >= 4 is 11.9 Å². The predicted octanol–water partition coefficient (Wildman–Crippen LogP) is -0.0736. The third-order valence-electron chi connectivity index (χ3n) is 1.68. The van der Waals surface area contributed by atoms with Crippen molar-refractivity contribution in [2.45, 2.75) is 27.1 Å². The van der Waals surface area contributed by atoms with Gasteiger partial charge in [-0.2, -0.15) is 0 Å². The Labute approximate surface area is 104 Å². The summed E-state index contributed by atoms with van der Waals surface area (Å²) in [6.45, 7) is 3.25. The van der Waals surface area contributed by atoms with Crippen molar-refractivity contribution in [2.75, 3.05) is 19.9 Å². The Hall–Kier alpha value is -1.90. The highest BCUT2D eigenvalue weighted by Crippen LogP contribution is 1.96. The van der Waals surface area contributed by atoms with Crippen LogP contribution in [0.3, 0.4) is 0 Å². The molecule has 0 fully saturated rings. The van der Waals surface area contributed by atoms with E-state index >= 15 is 0 Å². The molecular weight excluding hydrogens is 248 g/mol. The molecule has 0 aromatic carbocycles. The molecule has 0 heterocycles. The molecule has 9 heteroatoms. The molecule has 18 heavy (non-hydrogen) atoms. The number of nitro groups is 1. The highest BCUT2D eigenvalue weighted by atomic mass is 16.7. The maximum Gasteiger partial charge on any atom is 0.304 e. The Morgan fingerprint density at radius 1 is 1.33 bits per heavy atom. The lowest BCUT2D eigenvalue weighted by molar-refractivity contribution is -0.663. The van der Waals surface area contributed by atoms with Crippen LogP contribution in [0, 0.1) is 10.1 Å². The lowest BCUT2D eigenvalue weighted by atomic mass is 10.6. The quantitative estimate of drug-likeness (QED) is 0.259. The summed E-state index contributed by atoms with van der Waals surface area (Å²) in [6.07, 6.45) is -0.787. The lowest BCUT2D eigenvalue weighted by Crippen LogP contribution is -2.36. The summed E-state index contributed by atoms with van der Waals surface area (Å²) in [5, 5.41) is 10.5. The summed E-state index contributed by atoms with van der Waals surface area (Å²) in [4.78, 5) is 31.6. The normalized spacial score (nSPS) is 11.5. The van der Waals surface area contributed by atoms with Gasteiger partial charge in [-0.25, -0.2) is 10.1 Å². The van der Waals surface area contributed by atoms with Crippen LogP contribution in [-0.4, -0.2) is 48.2 Å². The van der Waals surface area contributed by atoms with Gasteiger partial charge in [-0.1, -0.05) is 5.01 Å². The van der Waals surface area contributed by atoms with E-state index < -0.39 is 30.0 Å². The van der Waals surface area contributed by atoms with Gasteiger partial charge in [-0.05, 0) is 6.92 Å². The van der Waals surface area contributed by atoms with Crippen LogP contribution in [-0.2, 0) is 23.8 Å². The zero-order valence-corrected chi connectivity index (χ0v) is 10.5. The summed E-state index contributed by atoms with van der Waals surface area (Å²) in [5.41, 5.74) is 0. The first-order chi connectivity index (χ1) is 8.32. The Morgan fingerprint density at radius 3 is 2.39 bits per heavy atom. The molecule has 9 nitrogen and oxygen atoms in total. The molecule has 0 saturated heterocycles. The number of rotatable bonds is 8. The second-order valence-electron chi connectivity index (χ2n) is 3.28. The van der Waals surface area contributed by atoms with E-state index in [4.69, 9.17) is 4.74 Å². The fourth-order valence-corrected chi connectivity index (χ4v) is 0.951. The molecule has 0 aromatic rings. The minimum Gasteiger partial charge on any atom is -0.439 e. The van der Waals surface area contributed by atoms with Gasteiger partial charge < -0.3 is 14.2 Å². The summed E-state index contributed by atoms with van der Waals surface area (Å²) in [6, 6.07) is 0. The number of esters is 2. The molecule has 0 spiro atoms. The van der Waals surface area contributed by atoms with E-state index in [2.05, 4.69) is 9.47 Å². The standard InChI is InChI=1S/C9H16N2O7/c1-7(12)17-6-10(11(14)15)4-5-16-9(3)18-8(2)13/h9H,4-6H2,1-3H3. The van der Waals surface area contributed by atoms with Crippen LogP contribution in [0.5, 0.6) is 0 Å². The highest BCUT2D eigenvalue weighted by Gasteiger charge is 2.16. The predicted molar refractivity (Wildman–Crippen MR) is 57.5 cm³/mol. The van der Waals surface area contributed by atoms with E-state index in [-0.39, 0.29) is 13.2 Å². The molecule has 0 radical (unpaired) electrons. The number of hydrogen-bond acceptors (Lipinski definition) is 7. The average Bonchev–Trinajstić information content (AvgIpc) is 2.20. The molecule has 0 saturated carbocycles. The smallest absolute Gasteiger partial charge is 0.304 e. The first-order valence-corrected chi connectivity index (χ1v) is 5.14. The van der Waals surface area contributed by atoms with E-state index in [1.807, 2.05) is 0 Å². The van der Waals surface area contributed by atoms with Gasteiger partial charge in [0.25, 0.3) is 0 Å². The maximum atomic E-state index is 10.6. The molecule has 0 N–H and O–H groups in total. The molecule has 0 aromatic heterocycles. The third-order valence-corrected chi connectivity index (χ3v) is 1.68. The van der Waals surface area contributed by atoms with Crippen molar-refractivity contribution in [3.05, 3.63) is 10.1 Å². The molecule has 0 rings (SSSR count). The second-order valence-corrected chi connectivity index (χ2v) is 3.28. The number of ether oxygens (including phenoxy) is 3. The first-order valence-electron chi connectivity index (χ1n) is 5.14. The van der Waals surface area contributed by atoms with Gasteiger partial charge in [0.2, 0.25) is 6.73 Å². The van der Waals surface area contributed by atoms with Crippen LogP contribution in [0.4, 0.5) is 0 Å². The number of nitrogens with zero attached hydrogens (tertiary/aromatic N) is 2. The van der Waals surface area contributed by atoms with Crippen molar-refractivity contribution in [3.8, 4) is 0 Å². The molecule has 1 atom stereocenters. The van der Waals surface area contributed by atoms with Crippen LogP contribution in [0.15, 0.2) is 0 Å². The Balaban J connectivity index is 3.93. The fourth-order valence-electron chi connectivity index (χ4n) is 0.951. The minimum atomic E-state index is -0.787. The van der Waals surface area contributed by atoms with Gasteiger partial charge >= 0.3 is 11.9 Å². The van der Waals surface area contributed by atoms with Crippen LogP contribution in [0.1, 0.15) is 20.8 Å². The zero-order chi connectivity index (χ0) is 14.1. The van der Waals surface area contributed by atoms with Gasteiger partial charge in [0.15, 0.2) is 11.3 Å². The van der Waals surface area contributed by atoms with Gasteiger partial charge in [-0.15, -0.1) is 0 Å². The number of hydrogen-bond donors (Lipinski definition) is 0. The van der Waals surface area contributed by atoms with Crippen molar-refractivity contribution < 1.29 is 28.8 Å². The van der Waals surface area contributed by atoms with Gasteiger partial charge in [-0.3, -0.25) is 9.59 Å². The monoisotopic (exact) mass is 264 g/mol. The Morgan fingerprint density at radius 2 is 1.94 bits per heavy atom. The van der Waals surface area contributed by atoms with E-state index in [1.165, 1.54) is 13.8 Å². The van der Waals surface area contributed by atoms with Crippen molar-refractivity contribution in [3.63, 3.8) is 0 Å². The summed E-state index contributed by atoms with van der Waals surface area (Å²) >= 11 is 0. The zero-order valence-electron chi connectivity index (χ0n) is 10.5. The van der Waals surface area contributed by atoms with Gasteiger partial charge in [0.05, 0.1) is 6.61 Å². The summed E-state index contributed by atoms with van der Waals surface area (Å²) in [5.74, 6) is -1.12. The number of carbonyl (C=O) groups is 2. The molecule has 0 amide bonds. The second kappa shape index (κ2) is 8.23. The first kappa shape index (κ1) is 16.1. The van der Waals surface area contributed by atoms with Crippen molar-refractivity contribution in [1.29, 1.82) is 0 Å². The largest absolute Gasteiger partial charge is 0.439 e. The van der Waals surface area contributed by atoms with Gasteiger partial charge in [0.1, 0.15) is 6.54 Å². The topological polar surface area (TPSA) is 108 Å². The highest BCUT2D eigenvalue weighted by molar-refractivity contribution is 5.66. The maximum absolute atomic E-state index is 10.6. The van der Waals surface area contributed by atoms with Crippen molar-refractivity contribution in [1.82, 2.24) is 5.01 Å². The van der Waals surface area contributed by atoms with Crippen molar-refractivity contribution in [2.24, 2.45) is 0 Å². The van der Waals surface area contributed by atoms with E-state index in [9.17, 15) is 19.7 Å². The molecule has 104 valence electrons. The summed E-state index contributed by atoms with van der Waals surface area (Å²) in [7, 11) is 0. The number of carbonyl (C=O) groups excluding carboxylic acids is 2. The van der Waals surface area contributed by atoms with Crippen LogP contribution in [0.2, 0.25) is 0 Å². The van der Waals surface area contributed by atoms with E-state index in [1.54, 1.807) is 0 Å². The molecular formula is C9H16N2O7. The van der Waals surface area contributed by atoms with E-state index in [0.29, 0.717) is 5.01 Å². The molecule has 0 aliphatic heterocycles. The number of hydrazine groups is 1. The Kier molecular flexibility index (Phi) is 7.36. The van der Waals surface area contributed by atoms with Gasteiger partial charge in [0, 0.05) is 13.8 Å². The molecule has 0 aliphatic rings. The van der Waals surface area contributed by atoms with Crippen LogP contribution in [0.25, 0.3) is 0 Å². The minimum absolute atomic E-state index is 0.0449. The lowest BCUT2D eigenvalue weighted by Gasteiger charge is -2.16. The third kappa shape index (κ3) is 8.28. The fraction of sp³-hybridized carbons (Fsp3) is 0.778. The average molecular weight is 264 g/mol. The molecule has 0 aliphatic carbocycles. The SMILES string of the molecule is CC(=O)OCN(CCOC(C)OC(C)=O)[N+](=O)[O-]. The summed E-state index contributed by atoms with van der Waals surface area (Å²) < 4.78 is 14.2. The van der Waals surface area contributed by atoms with E-state index in [0.717, 1.165) is 6.92 Å². The van der Waals surface area contributed by atoms with Crippen LogP contribution >= 0.6 is 0 Å². The van der Waals surface area contributed by atoms with Crippen LogP contribution < -0.4 is 0 Å². The molecule has 1 unspecified atom stereocenters. The Bertz CT molecular complexity index is 307.